The molecule has 0 amide bonds. The summed E-state index contributed by atoms with van der Waals surface area (Å²) in [6, 6.07) is 37.6. The number of aryl methyl sites for hydroxylation is 1. The Morgan fingerprint density at radius 1 is 0.738 bits per heavy atom. The Labute approximate surface area is 276 Å². The minimum absolute atomic E-state index is 0.162. The number of halogens is 2. The van der Waals surface area contributed by atoms with Crippen molar-refractivity contribution in [3.05, 3.63) is 127 Å². The Morgan fingerprint density at radius 2 is 1.48 bits per heavy atom. The highest BCUT2D eigenvalue weighted by atomic mass is 127. The minimum Gasteiger partial charge on any atom is -0.457 e. The number of nitrogens with zero attached hydrogens (tertiary/aromatic N) is 1. The van der Waals surface area contributed by atoms with Gasteiger partial charge in [0.1, 0.15) is 11.5 Å². The second-order valence-electron chi connectivity index (χ2n) is 11.9. The van der Waals surface area contributed by atoms with Crippen molar-refractivity contribution in [1.29, 1.82) is 0 Å². The van der Waals surface area contributed by atoms with Gasteiger partial charge < -0.3 is 9.64 Å². The molecule has 2 aliphatic heterocycles. The molecule has 2 heterocycles. The third-order valence-corrected chi connectivity index (χ3v) is 10.3. The van der Waals surface area contributed by atoms with Crippen molar-refractivity contribution >= 4 is 85.3 Å². The third kappa shape index (κ3) is 4.67. The average molecular weight is 771 g/mol. The van der Waals surface area contributed by atoms with Gasteiger partial charge in [-0.05, 0) is 152 Å². The molecule has 0 saturated heterocycles. The van der Waals surface area contributed by atoms with E-state index in [1.165, 1.54) is 70.1 Å². The smallest absolute Gasteiger partial charge is 0.247 e. The fourth-order valence-corrected chi connectivity index (χ4v) is 7.92. The molecular weight excluding hydrogens is 739 g/mol. The molecule has 2 nitrogen and oxygen atoms in total. The number of unbranched alkanes of at least 4 members (excludes halogenated alkanes) is 1. The van der Waals surface area contributed by atoms with Gasteiger partial charge in [-0.2, -0.15) is 0 Å². The summed E-state index contributed by atoms with van der Waals surface area (Å²) >= 11 is 4.87. The third-order valence-electron chi connectivity index (χ3n) is 8.88. The van der Waals surface area contributed by atoms with Crippen LogP contribution in [-0.4, -0.2) is 6.71 Å². The van der Waals surface area contributed by atoms with Gasteiger partial charge in [0.2, 0.25) is 6.71 Å². The molecule has 2 aliphatic rings. The molecule has 0 N–H and O–H groups in total. The number of benzene rings is 5. The Kier molecular flexibility index (Phi) is 7.37. The van der Waals surface area contributed by atoms with E-state index in [4.69, 9.17) is 4.74 Å². The average Bonchev–Trinajstić information content (AvgIpc) is 2.99. The lowest BCUT2D eigenvalue weighted by Gasteiger charge is -2.46. The van der Waals surface area contributed by atoms with E-state index in [9.17, 15) is 0 Å². The van der Waals surface area contributed by atoms with Crippen LogP contribution in [0, 0.1) is 7.14 Å². The molecule has 0 atom stereocenters. The molecule has 0 aromatic heterocycles. The van der Waals surface area contributed by atoms with E-state index < -0.39 is 0 Å². The molecule has 5 aromatic carbocycles. The Bertz CT molecular complexity index is 1800. The normalized spacial score (nSPS) is 14.2. The summed E-state index contributed by atoms with van der Waals surface area (Å²) in [6.45, 7) is 7.28. The van der Waals surface area contributed by atoms with E-state index in [-0.39, 0.29) is 12.1 Å². The fourth-order valence-electron chi connectivity index (χ4n) is 7.04. The van der Waals surface area contributed by atoms with Gasteiger partial charge in [0, 0.05) is 29.6 Å². The Morgan fingerprint density at radius 3 is 2.24 bits per heavy atom. The Hall–Kier alpha value is -2.78. The first-order valence-corrected chi connectivity index (χ1v) is 16.9. The number of anilines is 3. The van der Waals surface area contributed by atoms with E-state index >= 15 is 0 Å². The lowest BCUT2D eigenvalue weighted by molar-refractivity contribution is 0.480. The topological polar surface area (TPSA) is 12.5 Å². The molecule has 42 heavy (non-hydrogen) atoms. The predicted molar refractivity (Wildman–Crippen MR) is 195 cm³/mol. The number of para-hydroxylation sites is 1. The van der Waals surface area contributed by atoms with Crippen molar-refractivity contribution in [3.63, 3.8) is 0 Å². The van der Waals surface area contributed by atoms with Crippen molar-refractivity contribution in [1.82, 2.24) is 0 Å². The van der Waals surface area contributed by atoms with Crippen molar-refractivity contribution in [3.8, 4) is 11.5 Å². The predicted octanol–water partition coefficient (Wildman–Crippen LogP) is 8.97. The second-order valence-corrected chi connectivity index (χ2v) is 14.4. The zero-order valence-corrected chi connectivity index (χ0v) is 28.4. The number of fused-ring (bicyclic) bond motifs is 4. The molecule has 0 spiro atoms. The summed E-state index contributed by atoms with van der Waals surface area (Å²) in [6.07, 6.45) is 3.46. The van der Waals surface area contributed by atoms with Crippen LogP contribution in [0.4, 0.5) is 17.1 Å². The fraction of sp³-hybridized carbons (Fsp3) is 0.189. The highest BCUT2D eigenvalue weighted by Gasteiger charge is 2.47. The lowest BCUT2D eigenvalue weighted by atomic mass is 9.30. The van der Waals surface area contributed by atoms with Crippen molar-refractivity contribution in [2.45, 2.75) is 45.4 Å². The van der Waals surface area contributed by atoms with E-state index in [0.29, 0.717) is 0 Å². The molecule has 5 aromatic rings. The zero-order valence-electron chi connectivity index (χ0n) is 24.1. The number of ether oxygens (including phenoxy) is 1. The SMILES string of the molecule is CCCCc1ccc2c3c1C(C)(C)c1cc(Oc4ccccc4)ccc1B3c1cc(I)ccc1N2c1ccc(I)cc1. The second kappa shape index (κ2) is 11.1. The summed E-state index contributed by atoms with van der Waals surface area (Å²) < 4.78 is 8.90. The summed E-state index contributed by atoms with van der Waals surface area (Å²) in [5.41, 5.74) is 12.1. The van der Waals surface area contributed by atoms with Crippen molar-refractivity contribution in [2.24, 2.45) is 0 Å². The molecule has 5 heteroatoms. The number of hydrogen-bond donors (Lipinski definition) is 0. The molecule has 0 saturated carbocycles. The molecule has 0 fully saturated rings. The van der Waals surface area contributed by atoms with E-state index in [1.54, 1.807) is 0 Å². The lowest BCUT2D eigenvalue weighted by Crippen LogP contribution is -2.64. The minimum atomic E-state index is -0.187. The maximum Gasteiger partial charge on any atom is 0.247 e. The number of rotatable bonds is 6. The van der Waals surface area contributed by atoms with Gasteiger partial charge in [-0.1, -0.05) is 69.1 Å². The van der Waals surface area contributed by atoms with E-state index in [0.717, 1.165) is 17.9 Å². The Balaban J connectivity index is 1.50. The summed E-state index contributed by atoms with van der Waals surface area (Å²) in [5, 5.41) is 0. The molecule has 208 valence electrons. The van der Waals surface area contributed by atoms with Crippen LogP contribution in [-0.2, 0) is 11.8 Å². The maximum atomic E-state index is 6.39. The maximum absolute atomic E-state index is 6.39. The quantitative estimate of drug-likeness (QED) is 0.124. The van der Waals surface area contributed by atoms with Crippen LogP contribution in [0.15, 0.2) is 103 Å². The van der Waals surface area contributed by atoms with Crippen molar-refractivity contribution < 1.29 is 4.74 Å². The monoisotopic (exact) mass is 771 g/mol. The van der Waals surface area contributed by atoms with Gasteiger partial charge in [0.25, 0.3) is 0 Å². The molecule has 0 aliphatic carbocycles. The van der Waals surface area contributed by atoms with E-state index in [1.807, 2.05) is 30.3 Å². The van der Waals surface area contributed by atoms with Crippen molar-refractivity contribution in [2.75, 3.05) is 4.90 Å². The number of hydrogen-bond acceptors (Lipinski definition) is 2. The van der Waals surface area contributed by atoms with Gasteiger partial charge >= 0.3 is 0 Å². The summed E-state index contributed by atoms with van der Waals surface area (Å²) in [7, 11) is 0. The first-order chi connectivity index (χ1) is 20.4. The van der Waals surface area contributed by atoms with Crippen LogP contribution in [0.2, 0.25) is 0 Å². The summed E-state index contributed by atoms with van der Waals surface area (Å²) in [5.74, 6) is 1.75. The van der Waals surface area contributed by atoms with Crippen LogP contribution in [0.3, 0.4) is 0 Å². The highest BCUT2D eigenvalue weighted by molar-refractivity contribution is 14.1. The van der Waals surface area contributed by atoms with Crippen LogP contribution in [0.25, 0.3) is 0 Å². The molecule has 7 rings (SSSR count). The van der Waals surface area contributed by atoms with E-state index in [2.05, 4.69) is 144 Å². The first kappa shape index (κ1) is 28.0. The van der Waals surface area contributed by atoms with Gasteiger partial charge in [0.15, 0.2) is 0 Å². The standard InChI is InChI=1S/C37H32BI2NO/c1-4-5-9-24-12-20-34-36-35(24)37(2,3)30-23-29(42-28-10-7-6-8-11-28)18-19-31(30)38(36)32-22-26(40)15-21-33(32)41(34)27-16-13-25(39)14-17-27/h6-8,10-23H,4-5,9H2,1-3H3. The van der Waals surface area contributed by atoms with Gasteiger partial charge in [-0.25, -0.2) is 0 Å². The van der Waals surface area contributed by atoms with Crippen LogP contribution in [0.5, 0.6) is 11.5 Å². The summed E-state index contributed by atoms with van der Waals surface area (Å²) in [4.78, 5) is 2.49. The zero-order chi connectivity index (χ0) is 29.0. The largest absolute Gasteiger partial charge is 0.457 e. The highest BCUT2D eigenvalue weighted by Crippen LogP contribution is 2.44. The van der Waals surface area contributed by atoms with Crippen LogP contribution < -0.4 is 26.0 Å². The molecule has 0 radical (unpaired) electrons. The van der Waals surface area contributed by atoms with Crippen LogP contribution >= 0.6 is 45.2 Å². The molecule has 0 unspecified atom stereocenters. The molecule has 0 bridgehead atoms. The van der Waals surface area contributed by atoms with Gasteiger partial charge in [0.05, 0.1) is 0 Å². The van der Waals surface area contributed by atoms with Gasteiger partial charge in [-0.3, -0.25) is 0 Å². The first-order valence-electron chi connectivity index (χ1n) is 14.8. The molecular formula is C37H32BI2NO. The van der Waals surface area contributed by atoms with Gasteiger partial charge in [-0.15, -0.1) is 0 Å². The van der Waals surface area contributed by atoms with Crippen LogP contribution in [0.1, 0.15) is 50.3 Å².